The molecule has 2 aliphatic rings. The molecule has 0 N–H and O–H groups in total. The van der Waals surface area contributed by atoms with Crippen LogP contribution in [0.2, 0.25) is 0 Å². The Balaban J connectivity index is 1.41. The van der Waals surface area contributed by atoms with Crippen molar-refractivity contribution in [3.8, 4) is 0 Å². The first-order valence-corrected chi connectivity index (χ1v) is 9.87. The van der Waals surface area contributed by atoms with Gasteiger partial charge in [-0.15, -0.1) is 0 Å². The third-order valence-corrected chi connectivity index (χ3v) is 5.65. The summed E-state index contributed by atoms with van der Waals surface area (Å²) in [6.45, 7) is 3.61. The zero-order valence-electron chi connectivity index (χ0n) is 16.3. The Kier molecular flexibility index (Phi) is 5.62. The van der Waals surface area contributed by atoms with Gasteiger partial charge in [0.05, 0.1) is 23.7 Å². The van der Waals surface area contributed by atoms with Crippen molar-refractivity contribution < 1.29 is 22.8 Å². The van der Waals surface area contributed by atoms with E-state index in [1.165, 1.54) is 17.7 Å². The maximum Gasteiger partial charge on any atom is 0.416 e. The third-order valence-electron chi connectivity index (χ3n) is 5.65. The predicted octanol–water partition coefficient (Wildman–Crippen LogP) is 3.16. The van der Waals surface area contributed by atoms with Crippen molar-refractivity contribution in [1.82, 2.24) is 9.80 Å². The Morgan fingerprint density at radius 3 is 2.27 bits per heavy atom. The van der Waals surface area contributed by atoms with Crippen molar-refractivity contribution in [2.24, 2.45) is 0 Å². The lowest BCUT2D eigenvalue weighted by molar-refractivity contribution is -0.137. The van der Waals surface area contributed by atoms with Crippen LogP contribution in [0.5, 0.6) is 0 Å². The van der Waals surface area contributed by atoms with Crippen LogP contribution >= 0.6 is 0 Å². The van der Waals surface area contributed by atoms with Gasteiger partial charge in [-0.25, -0.2) is 4.90 Å². The summed E-state index contributed by atoms with van der Waals surface area (Å²) < 4.78 is 39.0. The van der Waals surface area contributed by atoms with Crippen molar-refractivity contribution in [3.05, 3.63) is 65.7 Å². The van der Waals surface area contributed by atoms with Crippen molar-refractivity contribution >= 4 is 17.5 Å². The summed E-state index contributed by atoms with van der Waals surface area (Å²) in [5, 5.41) is 0. The van der Waals surface area contributed by atoms with E-state index in [9.17, 15) is 22.8 Å². The molecule has 2 amide bonds. The van der Waals surface area contributed by atoms with Gasteiger partial charge in [0.2, 0.25) is 5.91 Å². The molecule has 0 bridgehead atoms. The molecule has 2 saturated heterocycles. The Morgan fingerprint density at radius 2 is 1.60 bits per heavy atom. The highest BCUT2D eigenvalue weighted by atomic mass is 19.4. The van der Waals surface area contributed by atoms with E-state index >= 15 is 0 Å². The lowest BCUT2D eigenvalue weighted by Crippen LogP contribution is -2.52. The van der Waals surface area contributed by atoms with Gasteiger partial charge in [0, 0.05) is 32.7 Å². The Hall–Kier alpha value is -2.71. The second-order valence-corrected chi connectivity index (χ2v) is 7.63. The molecule has 0 aliphatic carbocycles. The number of piperazine rings is 1. The first-order valence-electron chi connectivity index (χ1n) is 9.87. The normalized spacial score (nSPS) is 21.4. The second-order valence-electron chi connectivity index (χ2n) is 7.63. The highest BCUT2D eigenvalue weighted by Gasteiger charge is 2.44. The summed E-state index contributed by atoms with van der Waals surface area (Å²) >= 11 is 0. The topological polar surface area (TPSA) is 43.9 Å². The first kappa shape index (κ1) is 20.6. The average Bonchev–Trinajstić information content (AvgIpc) is 3.03. The minimum atomic E-state index is -4.53. The smallest absolute Gasteiger partial charge is 0.297 e. The molecular formula is C22H22F3N3O2. The largest absolute Gasteiger partial charge is 0.416 e. The number of hydrogen-bond acceptors (Lipinski definition) is 4. The lowest BCUT2D eigenvalue weighted by Gasteiger charge is -2.37. The fraction of sp³-hybridized carbons (Fsp3) is 0.364. The van der Waals surface area contributed by atoms with Crippen molar-refractivity contribution in [3.63, 3.8) is 0 Å². The Labute approximate surface area is 172 Å². The minimum Gasteiger partial charge on any atom is -0.297 e. The number of rotatable bonds is 4. The van der Waals surface area contributed by atoms with Gasteiger partial charge in [-0.2, -0.15) is 13.2 Å². The standard InChI is InChI=1S/C22H22F3N3O2/c23-22(24,25)17-7-4-8-18(13-17)28-20(29)14-19(21(28)30)27-11-9-26(10-12-27)15-16-5-2-1-3-6-16/h1-8,13,19H,9-12,14-15H2. The van der Waals surface area contributed by atoms with Gasteiger partial charge in [-0.05, 0) is 23.8 Å². The molecule has 2 aromatic carbocycles. The van der Waals surface area contributed by atoms with Crippen LogP contribution in [-0.2, 0) is 22.3 Å². The molecule has 2 heterocycles. The molecule has 8 heteroatoms. The maximum atomic E-state index is 13.0. The van der Waals surface area contributed by atoms with Crippen LogP contribution in [0.15, 0.2) is 54.6 Å². The first-order chi connectivity index (χ1) is 14.3. The number of carbonyl (C=O) groups is 2. The fourth-order valence-corrected chi connectivity index (χ4v) is 4.07. The highest BCUT2D eigenvalue weighted by Crippen LogP contribution is 2.33. The molecule has 5 nitrogen and oxygen atoms in total. The molecule has 2 aliphatic heterocycles. The minimum absolute atomic E-state index is 0.00619. The van der Waals surface area contributed by atoms with E-state index < -0.39 is 29.6 Å². The monoisotopic (exact) mass is 417 g/mol. The number of alkyl halides is 3. The Morgan fingerprint density at radius 1 is 0.900 bits per heavy atom. The van der Waals surface area contributed by atoms with Crippen LogP contribution in [0.4, 0.5) is 18.9 Å². The number of carbonyl (C=O) groups excluding carboxylic acids is 2. The van der Waals surface area contributed by atoms with E-state index in [0.717, 1.165) is 36.7 Å². The number of hydrogen-bond donors (Lipinski definition) is 0. The molecule has 1 atom stereocenters. The summed E-state index contributed by atoms with van der Waals surface area (Å²) in [6, 6.07) is 13.9. The number of amides is 2. The predicted molar refractivity (Wildman–Crippen MR) is 106 cm³/mol. The van der Waals surface area contributed by atoms with E-state index in [-0.39, 0.29) is 12.1 Å². The average molecular weight is 417 g/mol. The summed E-state index contributed by atoms with van der Waals surface area (Å²) in [6.07, 6.45) is -4.54. The van der Waals surface area contributed by atoms with Gasteiger partial charge < -0.3 is 0 Å². The molecule has 30 heavy (non-hydrogen) atoms. The third kappa shape index (κ3) is 4.24. The molecule has 0 radical (unpaired) electrons. The van der Waals surface area contributed by atoms with Crippen molar-refractivity contribution in [2.75, 3.05) is 31.1 Å². The van der Waals surface area contributed by atoms with Crippen LogP contribution in [0.1, 0.15) is 17.5 Å². The molecule has 158 valence electrons. The molecular weight excluding hydrogens is 395 g/mol. The molecule has 0 aromatic heterocycles. The molecule has 2 fully saturated rings. The van der Waals surface area contributed by atoms with Crippen LogP contribution < -0.4 is 4.90 Å². The van der Waals surface area contributed by atoms with E-state index in [4.69, 9.17) is 0 Å². The molecule has 2 aromatic rings. The zero-order valence-corrected chi connectivity index (χ0v) is 16.3. The van der Waals surface area contributed by atoms with Crippen molar-refractivity contribution in [2.45, 2.75) is 25.2 Å². The summed E-state index contributed by atoms with van der Waals surface area (Å²) in [5.74, 6) is -0.910. The van der Waals surface area contributed by atoms with E-state index in [1.807, 2.05) is 23.1 Å². The second kappa shape index (κ2) is 8.20. The van der Waals surface area contributed by atoms with Gasteiger partial charge in [0.15, 0.2) is 0 Å². The van der Waals surface area contributed by atoms with Crippen LogP contribution in [0.25, 0.3) is 0 Å². The number of nitrogens with zero attached hydrogens (tertiary/aromatic N) is 3. The molecule has 0 spiro atoms. The summed E-state index contributed by atoms with van der Waals surface area (Å²) in [4.78, 5) is 30.6. The van der Waals surface area contributed by atoms with Crippen LogP contribution in [-0.4, -0.2) is 53.8 Å². The number of halogens is 3. The fourth-order valence-electron chi connectivity index (χ4n) is 4.07. The van der Waals surface area contributed by atoms with Crippen molar-refractivity contribution in [1.29, 1.82) is 0 Å². The van der Waals surface area contributed by atoms with E-state index in [1.54, 1.807) is 0 Å². The van der Waals surface area contributed by atoms with Gasteiger partial charge >= 0.3 is 6.18 Å². The maximum absolute atomic E-state index is 13.0. The lowest BCUT2D eigenvalue weighted by atomic mass is 10.1. The molecule has 0 saturated carbocycles. The van der Waals surface area contributed by atoms with E-state index in [0.29, 0.717) is 13.1 Å². The highest BCUT2D eigenvalue weighted by molar-refractivity contribution is 6.22. The summed E-state index contributed by atoms with van der Waals surface area (Å²) in [5.41, 5.74) is 0.317. The van der Waals surface area contributed by atoms with Gasteiger partial charge in [0.25, 0.3) is 5.91 Å². The van der Waals surface area contributed by atoms with Gasteiger partial charge in [-0.3, -0.25) is 19.4 Å². The molecule has 4 rings (SSSR count). The van der Waals surface area contributed by atoms with Crippen LogP contribution in [0.3, 0.4) is 0 Å². The summed E-state index contributed by atoms with van der Waals surface area (Å²) in [7, 11) is 0. The number of anilines is 1. The number of imide groups is 1. The van der Waals surface area contributed by atoms with E-state index in [2.05, 4.69) is 17.0 Å². The SMILES string of the molecule is O=C1CC(N2CCN(Cc3ccccc3)CC2)C(=O)N1c1cccc(C(F)(F)F)c1. The quantitative estimate of drug-likeness (QED) is 0.717. The van der Waals surface area contributed by atoms with Crippen LogP contribution in [0, 0.1) is 0 Å². The Bertz CT molecular complexity index is 925. The molecule has 1 unspecified atom stereocenters. The van der Waals surface area contributed by atoms with Gasteiger partial charge in [0.1, 0.15) is 0 Å². The van der Waals surface area contributed by atoms with Gasteiger partial charge in [-0.1, -0.05) is 36.4 Å². The zero-order chi connectivity index (χ0) is 21.3. The number of benzene rings is 2.